The molecule has 0 bridgehead atoms. The largest absolute Gasteiger partial charge is 0.494 e. The Balaban J connectivity index is 1.78. The molecule has 0 atom stereocenters. The highest BCUT2D eigenvalue weighted by Gasteiger charge is 2.01. The summed E-state index contributed by atoms with van der Waals surface area (Å²) >= 11 is 5.62. The van der Waals surface area contributed by atoms with Crippen LogP contribution < -0.4 is 10.1 Å². The molecule has 0 saturated carbocycles. The van der Waals surface area contributed by atoms with E-state index in [-0.39, 0.29) is 5.91 Å². The minimum Gasteiger partial charge on any atom is -0.494 e. The Hall–Kier alpha value is -1.30. The van der Waals surface area contributed by atoms with E-state index in [0.717, 1.165) is 50.3 Å². The molecule has 1 amide bonds. The summed E-state index contributed by atoms with van der Waals surface area (Å²) in [6, 6.07) is 9.71. The predicted octanol–water partition coefficient (Wildman–Crippen LogP) is 4.18. The van der Waals surface area contributed by atoms with Gasteiger partial charge in [-0.3, -0.25) is 4.79 Å². The molecule has 154 valence electrons. The second-order valence-electron chi connectivity index (χ2n) is 6.30. The number of rotatable bonds is 18. The fourth-order valence-electron chi connectivity index (χ4n) is 2.42. The SMILES string of the molecule is O=C(CCCCOc1ccccc1)NCCOCCOCCCCCCCl. The van der Waals surface area contributed by atoms with Gasteiger partial charge < -0.3 is 19.5 Å². The van der Waals surface area contributed by atoms with Gasteiger partial charge in [0.1, 0.15) is 5.75 Å². The van der Waals surface area contributed by atoms with Gasteiger partial charge in [-0.25, -0.2) is 0 Å². The molecule has 5 nitrogen and oxygen atoms in total. The number of unbranched alkanes of at least 4 members (excludes halogenated alkanes) is 4. The van der Waals surface area contributed by atoms with E-state index in [1.54, 1.807) is 0 Å². The molecular weight excluding hydrogens is 366 g/mol. The molecule has 0 fully saturated rings. The molecule has 0 aliphatic rings. The number of hydrogen-bond acceptors (Lipinski definition) is 4. The maximum Gasteiger partial charge on any atom is 0.220 e. The van der Waals surface area contributed by atoms with Crippen molar-refractivity contribution < 1.29 is 19.0 Å². The summed E-state index contributed by atoms with van der Waals surface area (Å²) in [6.45, 7) is 3.63. The first-order valence-corrected chi connectivity index (χ1v) is 10.5. The zero-order valence-electron chi connectivity index (χ0n) is 16.3. The second-order valence-corrected chi connectivity index (χ2v) is 6.67. The maximum absolute atomic E-state index is 11.7. The van der Waals surface area contributed by atoms with E-state index in [1.165, 1.54) is 6.42 Å². The Bertz CT molecular complexity index is 459. The minimum atomic E-state index is 0.0616. The van der Waals surface area contributed by atoms with Crippen molar-refractivity contribution in [1.29, 1.82) is 0 Å². The van der Waals surface area contributed by atoms with Gasteiger partial charge in [-0.05, 0) is 37.8 Å². The number of carbonyl (C=O) groups is 1. The molecule has 0 saturated heterocycles. The molecule has 27 heavy (non-hydrogen) atoms. The molecule has 0 aliphatic heterocycles. The van der Waals surface area contributed by atoms with Crippen LogP contribution in [-0.4, -0.2) is 51.4 Å². The van der Waals surface area contributed by atoms with Gasteiger partial charge >= 0.3 is 0 Å². The number of nitrogens with one attached hydrogen (secondary N) is 1. The van der Waals surface area contributed by atoms with E-state index < -0.39 is 0 Å². The van der Waals surface area contributed by atoms with Gasteiger partial charge in [0, 0.05) is 25.5 Å². The zero-order valence-corrected chi connectivity index (χ0v) is 17.1. The lowest BCUT2D eigenvalue weighted by atomic mass is 10.2. The van der Waals surface area contributed by atoms with Crippen molar-refractivity contribution >= 4 is 17.5 Å². The number of alkyl halides is 1. The molecule has 0 radical (unpaired) electrons. The van der Waals surface area contributed by atoms with Crippen molar-refractivity contribution in [1.82, 2.24) is 5.32 Å². The molecule has 1 N–H and O–H groups in total. The van der Waals surface area contributed by atoms with Crippen molar-refractivity contribution in [2.24, 2.45) is 0 Å². The highest BCUT2D eigenvalue weighted by atomic mass is 35.5. The predicted molar refractivity (Wildman–Crippen MR) is 110 cm³/mol. The first-order chi connectivity index (χ1) is 13.3. The van der Waals surface area contributed by atoms with Gasteiger partial charge in [0.05, 0.1) is 26.4 Å². The Morgan fingerprint density at radius 2 is 1.52 bits per heavy atom. The van der Waals surface area contributed by atoms with Crippen LogP contribution in [0.15, 0.2) is 30.3 Å². The molecule has 0 heterocycles. The average molecular weight is 400 g/mol. The number of benzene rings is 1. The summed E-state index contributed by atoms with van der Waals surface area (Å²) in [7, 11) is 0. The van der Waals surface area contributed by atoms with Crippen LogP contribution in [0.5, 0.6) is 5.75 Å². The van der Waals surface area contributed by atoms with Crippen LogP contribution in [0.1, 0.15) is 44.9 Å². The van der Waals surface area contributed by atoms with Crippen LogP contribution in [0, 0.1) is 0 Å². The van der Waals surface area contributed by atoms with E-state index in [9.17, 15) is 4.79 Å². The molecule has 6 heteroatoms. The van der Waals surface area contributed by atoms with Crippen molar-refractivity contribution in [2.45, 2.75) is 44.9 Å². The van der Waals surface area contributed by atoms with E-state index in [0.29, 0.717) is 39.4 Å². The number of halogens is 1. The van der Waals surface area contributed by atoms with Crippen molar-refractivity contribution in [3.8, 4) is 5.75 Å². The first kappa shape index (κ1) is 23.7. The summed E-state index contributed by atoms with van der Waals surface area (Å²) in [5.74, 6) is 1.68. The highest BCUT2D eigenvalue weighted by molar-refractivity contribution is 6.17. The number of amides is 1. The molecule has 1 aromatic rings. The molecule has 0 aliphatic carbocycles. The standard InChI is InChI=1S/C21H34ClNO4/c22-13-7-1-2-8-15-25-18-19-26-17-14-23-21(24)12-6-9-16-27-20-10-4-3-5-11-20/h3-5,10-11H,1-2,6-9,12-19H2,(H,23,24). The second kappa shape index (κ2) is 18.1. The lowest BCUT2D eigenvalue weighted by Crippen LogP contribution is -2.27. The normalized spacial score (nSPS) is 10.7. The number of carbonyl (C=O) groups excluding carboxylic acids is 1. The minimum absolute atomic E-state index is 0.0616. The topological polar surface area (TPSA) is 56.8 Å². The van der Waals surface area contributed by atoms with Crippen LogP contribution in [0.4, 0.5) is 0 Å². The third-order valence-corrected chi connectivity index (χ3v) is 4.19. The smallest absolute Gasteiger partial charge is 0.220 e. The lowest BCUT2D eigenvalue weighted by molar-refractivity contribution is -0.121. The zero-order chi connectivity index (χ0) is 19.4. The van der Waals surface area contributed by atoms with Crippen molar-refractivity contribution in [3.63, 3.8) is 0 Å². The first-order valence-electron chi connectivity index (χ1n) is 9.99. The molecule has 0 unspecified atom stereocenters. The summed E-state index contributed by atoms with van der Waals surface area (Å²) in [4.78, 5) is 11.7. The van der Waals surface area contributed by atoms with Gasteiger partial charge in [-0.2, -0.15) is 0 Å². The average Bonchev–Trinajstić information content (AvgIpc) is 2.69. The van der Waals surface area contributed by atoms with Crippen LogP contribution >= 0.6 is 11.6 Å². The molecule has 1 rings (SSSR count). The van der Waals surface area contributed by atoms with E-state index in [1.807, 2.05) is 30.3 Å². The van der Waals surface area contributed by atoms with Gasteiger partial charge in [0.2, 0.25) is 5.91 Å². The quantitative estimate of drug-likeness (QED) is 0.297. The Morgan fingerprint density at radius 3 is 2.30 bits per heavy atom. The summed E-state index contributed by atoms with van der Waals surface area (Å²) < 4.78 is 16.5. The van der Waals surface area contributed by atoms with Gasteiger partial charge in [-0.1, -0.05) is 31.0 Å². The van der Waals surface area contributed by atoms with E-state index >= 15 is 0 Å². The Morgan fingerprint density at radius 1 is 0.815 bits per heavy atom. The lowest BCUT2D eigenvalue weighted by Gasteiger charge is -2.08. The van der Waals surface area contributed by atoms with Crippen LogP contribution in [0.25, 0.3) is 0 Å². The summed E-state index contributed by atoms with van der Waals surface area (Å²) in [6.07, 6.45) is 6.69. The van der Waals surface area contributed by atoms with E-state index in [2.05, 4.69) is 5.32 Å². The molecule has 1 aromatic carbocycles. The van der Waals surface area contributed by atoms with Crippen molar-refractivity contribution in [2.75, 3.05) is 45.5 Å². The van der Waals surface area contributed by atoms with Crippen LogP contribution in [0.3, 0.4) is 0 Å². The molecule has 0 spiro atoms. The number of hydrogen-bond donors (Lipinski definition) is 1. The van der Waals surface area contributed by atoms with Crippen LogP contribution in [0.2, 0.25) is 0 Å². The third kappa shape index (κ3) is 15.5. The van der Waals surface area contributed by atoms with Crippen LogP contribution in [-0.2, 0) is 14.3 Å². The Labute approximate surface area is 168 Å². The summed E-state index contributed by atoms with van der Waals surface area (Å²) in [5.41, 5.74) is 0. The van der Waals surface area contributed by atoms with E-state index in [4.69, 9.17) is 25.8 Å². The highest BCUT2D eigenvalue weighted by Crippen LogP contribution is 2.09. The fraction of sp³-hybridized carbons (Fsp3) is 0.667. The summed E-state index contributed by atoms with van der Waals surface area (Å²) in [5, 5.41) is 2.87. The Kier molecular flexibility index (Phi) is 15.9. The monoisotopic (exact) mass is 399 g/mol. The number of para-hydroxylation sites is 1. The molecular formula is C21H34ClNO4. The molecule has 0 aromatic heterocycles. The third-order valence-electron chi connectivity index (χ3n) is 3.92. The fourth-order valence-corrected chi connectivity index (χ4v) is 2.61. The number of ether oxygens (including phenoxy) is 3. The van der Waals surface area contributed by atoms with Gasteiger partial charge in [0.25, 0.3) is 0 Å². The van der Waals surface area contributed by atoms with Gasteiger partial charge in [0.15, 0.2) is 0 Å². The maximum atomic E-state index is 11.7. The van der Waals surface area contributed by atoms with Gasteiger partial charge in [-0.15, -0.1) is 11.6 Å². The van der Waals surface area contributed by atoms with Crippen molar-refractivity contribution in [3.05, 3.63) is 30.3 Å².